The minimum Gasteiger partial charge on any atom is -0.454 e. The Labute approximate surface area is 138 Å². The molecule has 0 saturated heterocycles. The van der Waals surface area contributed by atoms with E-state index in [0.29, 0.717) is 39.2 Å². The van der Waals surface area contributed by atoms with Crippen LogP contribution in [0.3, 0.4) is 0 Å². The van der Waals surface area contributed by atoms with E-state index < -0.39 is 0 Å². The van der Waals surface area contributed by atoms with Crippen LogP contribution in [0.1, 0.15) is 6.92 Å². The molecule has 0 aromatic carbocycles. The van der Waals surface area contributed by atoms with Gasteiger partial charge in [-0.2, -0.15) is 0 Å². The maximum atomic E-state index is 11.1. The highest BCUT2D eigenvalue weighted by Gasteiger charge is 2.14. The summed E-state index contributed by atoms with van der Waals surface area (Å²) in [5.41, 5.74) is 1.33. The van der Waals surface area contributed by atoms with Gasteiger partial charge in [0.1, 0.15) is 22.1 Å². The number of aryl methyl sites for hydroxylation is 1. The highest BCUT2D eigenvalue weighted by molar-refractivity contribution is 6.37. The highest BCUT2D eigenvalue weighted by atomic mass is 35.5. The number of aromatic nitrogens is 4. The van der Waals surface area contributed by atoms with Crippen LogP contribution < -0.4 is 15.8 Å². The van der Waals surface area contributed by atoms with Crippen LogP contribution in [0.4, 0.5) is 5.82 Å². The molecule has 1 N–H and O–H groups in total. The zero-order chi connectivity index (χ0) is 16.6. The molecule has 1 amide bonds. The molecule has 0 aliphatic rings. The Hall–Kier alpha value is -2.61. The molecule has 3 aromatic rings. The van der Waals surface area contributed by atoms with E-state index in [1.807, 2.05) is 0 Å². The lowest BCUT2D eigenvalue weighted by atomic mass is 10.1. The van der Waals surface area contributed by atoms with Crippen molar-refractivity contribution in [1.29, 1.82) is 0 Å². The molecule has 0 bridgehead atoms. The lowest BCUT2D eigenvalue weighted by molar-refractivity contribution is -0.114. The summed E-state index contributed by atoms with van der Waals surface area (Å²) < 4.78 is 7.37. The fourth-order valence-electron chi connectivity index (χ4n) is 2.05. The van der Waals surface area contributed by atoms with Crippen molar-refractivity contribution in [2.24, 2.45) is 7.05 Å². The normalized spacial score (nSPS) is 10.7. The Kier molecular flexibility index (Phi) is 3.91. The van der Waals surface area contributed by atoms with Crippen molar-refractivity contribution >= 4 is 48.1 Å². The lowest BCUT2D eigenvalue weighted by Gasteiger charge is -2.09. The van der Waals surface area contributed by atoms with Crippen molar-refractivity contribution in [3.8, 4) is 11.5 Å². The summed E-state index contributed by atoms with van der Waals surface area (Å²) in [5, 5.41) is 2.93. The van der Waals surface area contributed by atoms with Crippen LogP contribution >= 0.6 is 11.6 Å². The molecule has 0 fully saturated rings. The van der Waals surface area contributed by atoms with Gasteiger partial charge in [-0.3, -0.25) is 4.79 Å². The van der Waals surface area contributed by atoms with Gasteiger partial charge in [-0.1, -0.05) is 11.6 Å². The molecule has 2 radical (unpaired) electrons. The van der Waals surface area contributed by atoms with E-state index >= 15 is 0 Å². The second-order valence-corrected chi connectivity index (χ2v) is 5.18. The summed E-state index contributed by atoms with van der Waals surface area (Å²) in [6, 6.07) is 3.23. The first-order chi connectivity index (χ1) is 11.0. The van der Waals surface area contributed by atoms with Gasteiger partial charge < -0.3 is 14.6 Å². The largest absolute Gasteiger partial charge is 0.454 e. The van der Waals surface area contributed by atoms with Crippen molar-refractivity contribution in [2.45, 2.75) is 6.92 Å². The van der Waals surface area contributed by atoms with E-state index in [-0.39, 0.29) is 5.91 Å². The van der Waals surface area contributed by atoms with E-state index in [2.05, 4.69) is 20.3 Å². The van der Waals surface area contributed by atoms with Gasteiger partial charge in [0.25, 0.3) is 0 Å². The van der Waals surface area contributed by atoms with Gasteiger partial charge in [0.05, 0.1) is 11.9 Å². The average Bonchev–Trinajstić information content (AvgIpc) is 2.78. The van der Waals surface area contributed by atoms with Gasteiger partial charge in [0.15, 0.2) is 19.2 Å². The number of nitrogens with one attached hydrogen (secondary N) is 1. The smallest absolute Gasteiger partial charge is 0.222 e. The standard InChI is InChI=1S/C14H11BClN5O2/c1-7(22)19-10-5-8(3-4-17-10)23-9-6-18-13-12(11(9)16)21(2)14(15)20-13/h3-6H,1-2H3,(H,17,19,22). The molecule has 0 spiro atoms. The second kappa shape index (κ2) is 5.88. The van der Waals surface area contributed by atoms with Crippen LogP contribution in [0.5, 0.6) is 11.5 Å². The van der Waals surface area contributed by atoms with Gasteiger partial charge in [-0.05, 0) is 6.07 Å². The SMILES string of the molecule is [B]c1nc2ncc(Oc3ccnc(NC(C)=O)c3)c(Cl)c2n1C. The Morgan fingerprint density at radius 2 is 2.22 bits per heavy atom. The zero-order valence-electron chi connectivity index (χ0n) is 12.4. The van der Waals surface area contributed by atoms with Gasteiger partial charge in [-0.25, -0.2) is 15.0 Å². The number of imidazole rings is 1. The molecule has 0 aliphatic heterocycles. The van der Waals surface area contributed by atoms with Gasteiger partial charge in [0, 0.05) is 26.2 Å². The van der Waals surface area contributed by atoms with Crippen molar-refractivity contribution in [2.75, 3.05) is 5.32 Å². The van der Waals surface area contributed by atoms with Crippen LogP contribution in [-0.4, -0.2) is 33.3 Å². The number of pyridine rings is 2. The predicted molar refractivity (Wildman–Crippen MR) is 87.5 cm³/mol. The van der Waals surface area contributed by atoms with Crippen LogP contribution in [-0.2, 0) is 11.8 Å². The summed E-state index contributed by atoms with van der Waals surface area (Å²) in [5.74, 6) is 0.968. The van der Waals surface area contributed by atoms with Crippen LogP contribution in [0.25, 0.3) is 11.2 Å². The summed E-state index contributed by atoms with van der Waals surface area (Å²) in [4.78, 5) is 23.4. The number of hydrogen-bond donors (Lipinski definition) is 1. The van der Waals surface area contributed by atoms with Crippen LogP contribution in [0, 0.1) is 0 Å². The molecule has 114 valence electrons. The summed E-state index contributed by atoms with van der Waals surface area (Å²) in [7, 11) is 7.49. The minimum atomic E-state index is -0.221. The van der Waals surface area contributed by atoms with Gasteiger partial charge in [0.2, 0.25) is 5.91 Å². The number of carbonyl (C=O) groups excluding carboxylic acids is 1. The zero-order valence-corrected chi connectivity index (χ0v) is 13.1. The number of anilines is 1. The van der Waals surface area contributed by atoms with Gasteiger partial charge in [-0.15, -0.1) is 0 Å². The molecule has 9 heteroatoms. The first-order valence-corrected chi connectivity index (χ1v) is 7.01. The molecule has 0 unspecified atom stereocenters. The number of ether oxygens (including phenoxy) is 1. The fourth-order valence-corrected chi connectivity index (χ4v) is 2.35. The summed E-state index contributed by atoms with van der Waals surface area (Å²) in [6.07, 6.45) is 2.98. The van der Waals surface area contributed by atoms with E-state index in [4.69, 9.17) is 24.2 Å². The quantitative estimate of drug-likeness (QED) is 0.738. The lowest BCUT2D eigenvalue weighted by Crippen LogP contribution is -2.15. The van der Waals surface area contributed by atoms with Crippen LogP contribution in [0.2, 0.25) is 5.02 Å². The maximum Gasteiger partial charge on any atom is 0.222 e. The molecule has 3 heterocycles. The second-order valence-electron chi connectivity index (χ2n) is 4.80. The number of halogens is 1. The molecule has 3 rings (SSSR count). The van der Waals surface area contributed by atoms with Crippen LogP contribution in [0.15, 0.2) is 24.5 Å². The average molecular weight is 328 g/mol. The maximum absolute atomic E-state index is 11.1. The third kappa shape index (κ3) is 2.98. The molecular weight excluding hydrogens is 316 g/mol. The number of nitrogens with zero attached hydrogens (tertiary/aromatic N) is 4. The van der Waals surface area contributed by atoms with E-state index in [9.17, 15) is 4.79 Å². The summed E-state index contributed by atoms with van der Waals surface area (Å²) in [6.45, 7) is 1.40. The Bertz CT molecular complexity index is 912. The molecule has 3 aromatic heterocycles. The number of amides is 1. The molecule has 23 heavy (non-hydrogen) atoms. The van der Waals surface area contributed by atoms with Crippen molar-refractivity contribution in [3.63, 3.8) is 0 Å². The molecular formula is C14H11BClN5O2. The molecule has 0 atom stereocenters. The number of hydrogen-bond acceptors (Lipinski definition) is 5. The fraction of sp³-hybridized carbons (Fsp3) is 0.143. The van der Waals surface area contributed by atoms with E-state index in [1.165, 1.54) is 19.3 Å². The first kappa shape index (κ1) is 15.3. The Balaban J connectivity index is 1.97. The highest BCUT2D eigenvalue weighted by Crippen LogP contribution is 2.33. The summed E-state index contributed by atoms with van der Waals surface area (Å²) >= 11 is 6.37. The molecule has 0 aliphatic carbocycles. The third-order valence-electron chi connectivity index (χ3n) is 3.10. The van der Waals surface area contributed by atoms with Crippen molar-refractivity contribution < 1.29 is 9.53 Å². The number of carbonyl (C=O) groups is 1. The van der Waals surface area contributed by atoms with Crippen molar-refractivity contribution in [1.82, 2.24) is 19.5 Å². The number of rotatable bonds is 3. The molecule has 0 saturated carbocycles. The van der Waals surface area contributed by atoms with Crippen molar-refractivity contribution in [3.05, 3.63) is 29.5 Å². The minimum absolute atomic E-state index is 0.221. The number of fused-ring (bicyclic) bond motifs is 1. The third-order valence-corrected chi connectivity index (χ3v) is 3.47. The van der Waals surface area contributed by atoms with Gasteiger partial charge >= 0.3 is 0 Å². The molecule has 7 nitrogen and oxygen atoms in total. The van der Waals surface area contributed by atoms with E-state index in [1.54, 1.807) is 23.7 Å². The Morgan fingerprint density at radius 1 is 1.43 bits per heavy atom. The monoisotopic (exact) mass is 327 g/mol. The van der Waals surface area contributed by atoms with E-state index in [0.717, 1.165) is 0 Å². The predicted octanol–water partition coefficient (Wildman–Crippen LogP) is 1.56. The first-order valence-electron chi connectivity index (χ1n) is 6.63. The topological polar surface area (TPSA) is 81.9 Å². The Morgan fingerprint density at radius 3 is 2.96 bits per heavy atom.